The molecule has 0 saturated carbocycles. The lowest BCUT2D eigenvalue weighted by atomic mass is 9.95. The van der Waals surface area contributed by atoms with Crippen LogP contribution in [0.1, 0.15) is 58.2 Å². The van der Waals surface area contributed by atoms with Crippen molar-refractivity contribution in [3.8, 4) is 11.5 Å². The third-order valence-corrected chi connectivity index (χ3v) is 8.09. The lowest BCUT2D eigenvalue weighted by Gasteiger charge is -2.29. The van der Waals surface area contributed by atoms with Gasteiger partial charge in [0.1, 0.15) is 12.6 Å². The molecule has 12 heteroatoms. The highest BCUT2D eigenvalue weighted by Crippen LogP contribution is 2.44. The highest BCUT2D eigenvalue weighted by Gasteiger charge is 2.36. The van der Waals surface area contributed by atoms with Crippen LogP contribution in [0.2, 0.25) is 10.0 Å². The zero-order valence-electron chi connectivity index (χ0n) is 22.9. The lowest BCUT2D eigenvalue weighted by Crippen LogP contribution is -2.30. The number of esters is 1. The number of hydrogen-bond donors (Lipinski definition) is 1. The molecule has 0 spiro atoms. The van der Waals surface area contributed by atoms with Gasteiger partial charge in [-0.05, 0) is 79.9 Å². The Kier molecular flexibility index (Phi) is 10.3. The Balaban J connectivity index is 1.78. The third kappa shape index (κ3) is 6.90. The number of benzene rings is 2. The maximum Gasteiger partial charge on any atom is 0.338 e. The van der Waals surface area contributed by atoms with Crippen LogP contribution in [0.15, 0.2) is 51.2 Å². The van der Waals surface area contributed by atoms with Crippen molar-refractivity contribution in [1.82, 2.24) is 14.8 Å². The zero-order chi connectivity index (χ0) is 29.0. The van der Waals surface area contributed by atoms with Crippen molar-refractivity contribution in [2.75, 3.05) is 17.7 Å². The largest absolute Gasteiger partial charge is 0.490 e. The summed E-state index contributed by atoms with van der Waals surface area (Å²) >= 11 is 17.6. The molecule has 1 atom stereocenters. The smallest absolute Gasteiger partial charge is 0.338 e. The van der Waals surface area contributed by atoms with Crippen molar-refractivity contribution in [3.05, 3.63) is 67.2 Å². The van der Waals surface area contributed by atoms with Crippen molar-refractivity contribution in [1.29, 1.82) is 0 Å². The molecule has 2 heterocycles. The number of nitrogens with one attached hydrogen (secondary N) is 1. The van der Waals surface area contributed by atoms with Crippen LogP contribution in [0.3, 0.4) is 0 Å². The number of ether oxygens (including phenoxy) is 3. The van der Waals surface area contributed by atoms with E-state index in [4.69, 9.17) is 42.5 Å². The Morgan fingerprint density at radius 2 is 1.98 bits per heavy atom. The molecule has 1 N–H and O–H groups in total. The topological polar surface area (TPSA) is 87.5 Å². The molecule has 1 unspecified atom stereocenters. The number of nitrogens with zero attached hydrogens (tertiary/aromatic N) is 3. The minimum atomic E-state index is -0.610. The van der Waals surface area contributed by atoms with Crippen LogP contribution in [-0.4, -0.2) is 39.2 Å². The van der Waals surface area contributed by atoms with Crippen molar-refractivity contribution in [3.63, 3.8) is 0 Å². The molecule has 0 aliphatic carbocycles. The van der Waals surface area contributed by atoms with Gasteiger partial charge in [-0.1, -0.05) is 48.0 Å². The number of aromatic nitrogens is 3. The molecule has 0 amide bonds. The van der Waals surface area contributed by atoms with Gasteiger partial charge >= 0.3 is 5.97 Å². The van der Waals surface area contributed by atoms with Gasteiger partial charge in [-0.15, -0.1) is 5.10 Å². The lowest BCUT2D eigenvalue weighted by molar-refractivity contribution is -0.143. The van der Waals surface area contributed by atoms with Crippen molar-refractivity contribution in [2.24, 2.45) is 0 Å². The van der Waals surface area contributed by atoms with Gasteiger partial charge in [0.25, 0.3) is 0 Å². The first-order chi connectivity index (χ1) is 19.1. The molecular weight excluding hydrogens is 639 g/mol. The summed E-state index contributed by atoms with van der Waals surface area (Å²) in [4.78, 5) is 18.1. The summed E-state index contributed by atoms with van der Waals surface area (Å²) in [5, 5.41) is 9.70. The standard InChI is InChI=1S/C28H31BrCl2N4O4S/c1-6-10-40-28-33-27-32-16(5)23(26(36)39-15(3)4)24(35(27)34-28)18-11-20(29)25(22(12-18)37-7-2)38-14-17-8-9-19(30)13-21(17)31/h8-9,11-13,15,24H,6-7,10,14H2,1-5H3,(H,32,33,34). The number of halogens is 3. The fraction of sp³-hybridized carbons (Fsp3) is 0.393. The number of allylic oxidation sites excluding steroid dienone is 1. The molecular formula is C28H31BrCl2N4O4S. The average Bonchev–Trinajstić information content (AvgIpc) is 3.29. The maximum atomic E-state index is 13.4. The van der Waals surface area contributed by atoms with Crippen molar-refractivity contribution in [2.45, 2.75) is 64.9 Å². The second kappa shape index (κ2) is 13.5. The highest BCUT2D eigenvalue weighted by atomic mass is 79.9. The van der Waals surface area contributed by atoms with Gasteiger partial charge in [-0.3, -0.25) is 0 Å². The molecule has 0 bridgehead atoms. The predicted octanol–water partition coefficient (Wildman–Crippen LogP) is 8.07. The summed E-state index contributed by atoms with van der Waals surface area (Å²) in [6.07, 6.45) is 0.699. The van der Waals surface area contributed by atoms with E-state index in [1.165, 1.54) is 0 Å². The summed E-state index contributed by atoms with van der Waals surface area (Å²) in [7, 11) is 0. The number of carbonyl (C=O) groups excluding carboxylic acids is 1. The van der Waals surface area contributed by atoms with E-state index in [-0.39, 0.29) is 12.7 Å². The SMILES string of the molecule is CCCSc1nc2n(n1)C(c1cc(Br)c(OCc3ccc(Cl)cc3Cl)c(OCC)c1)C(C(=O)OC(C)C)=C(C)N2. The van der Waals surface area contributed by atoms with Crippen LogP contribution >= 0.6 is 50.9 Å². The van der Waals surface area contributed by atoms with Gasteiger partial charge in [-0.25, -0.2) is 9.48 Å². The van der Waals surface area contributed by atoms with Crippen LogP contribution in [0.5, 0.6) is 11.5 Å². The van der Waals surface area contributed by atoms with Crippen LogP contribution in [0.4, 0.5) is 5.95 Å². The van der Waals surface area contributed by atoms with Gasteiger partial charge in [0, 0.05) is 27.1 Å². The number of rotatable bonds is 11. The minimum Gasteiger partial charge on any atom is -0.490 e. The maximum absolute atomic E-state index is 13.4. The van der Waals surface area contributed by atoms with Crippen LogP contribution in [0.25, 0.3) is 0 Å². The predicted molar refractivity (Wildman–Crippen MR) is 163 cm³/mol. The summed E-state index contributed by atoms with van der Waals surface area (Å²) < 4.78 is 20.2. The van der Waals surface area contributed by atoms with Crippen molar-refractivity contribution >= 4 is 62.8 Å². The first-order valence-electron chi connectivity index (χ1n) is 12.9. The van der Waals surface area contributed by atoms with Gasteiger partial charge in [0.05, 0.1) is 22.8 Å². The van der Waals surface area contributed by atoms with Gasteiger partial charge < -0.3 is 19.5 Å². The van der Waals surface area contributed by atoms with Gasteiger partial charge in [0.2, 0.25) is 11.1 Å². The molecule has 0 radical (unpaired) electrons. The van der Waals surface area contributed by atoms with E-state index in [2.05, 4.69) is 33.2 Å². The molecule has 8 nitrogen and oxygen atoms in total. The van der Waals surface area contributed by atoms with E-state index < -0.39 is 12.0 Å². The molecule has 4 rings (SSSR count). The first kappa shape index (κ1) is 30.6. The van der Waals surface area contributed by atoms with Gasteiger partial charge in [-0.2, -0.15) is 4.98 Å². The second-order valence-electron chi connectivity index (χ2n) is 9.32. The third-order valence-electron chi connectivity index (χ3n) is 5.87. The summed E-state index contributed by atoms with van der Waals surface area (Å²) in [5.74, 6) is 2.02. The van der Waals surface area contributed by atoms with E-state index >= 15 is 0 Å². The highest BCUT2D eigenvalue weighted by molar-refractivity contribution is 9.10. The quantitative estimate of drug-likeness (QED) is 0.162. The fourth-order valence-corrected chi connectivity index (χ4v) is 5.89. The average molecular weight is 670 g/mol. The number of fused-ring (bicyclic) bond motifs is 1. The first-order valence-corrected chi connectivity index (χ1v) is 15.5. The van der Waals surface area contributed by atoms with E-state index in [1.807, 2.05) is 45.9 Å². The monoisotopic (exact) mass is 668 g/mol. The number of thioether (sulfide) groups is 1. The molecule has 1 aliphatic heterocycles. The van der Waals surface area contributed by atoms with E-state index in [0.29, 0.717) is 55.0 Å². The van der Waals surface area contributed by atoms with Gasteiger partial charge in [0.15, 0.2) is 11.5 Å². The van der Waals surface area contributed by atoms with E-state index in [1.54, 1.807) is 28.6 Å². The summed E-state index contributed by atoms with van der Waals surface area (Å²) in [6, 6.07) is 8.42. The fourth-order valence-electron chi connectivity index (χ4n) is 4.17. The molecule has 3 aromatic rings. The van der Waals surface area contributed by atoms with Crippen molar-refractivity contribution < 1.29 is 19.0 Å². The Hall–Kier alpha value is -2.40. The second-order valence-corrected chi connectivity index (χ2v) is 12.1. The van der Waals surface area contributed by atoms with E-state index in [9.17, 15) is 4.79 Å². The number of carbonyl (C=O) groups is 1. The van der Waals surface area contributed by atoms with Crippen LogP contribution in [-0.2, 0) is 16.1 Å². The number of hydrogen-bond acceptors (Lipinski definition) is 8. The minimum absolute atomic E-state index is 0.206. The Bertz CT molecular complexity index is 1430. The molecule has 1 aliphatic rings. The van der Waals surface area contributed by atoms with Crippen LogP contribution in [0, 0.1) is 0 Å². The Labute approximate surface area is 256 Å². The normalized spacial score (nSPS) is 14.7. The number of anilines is 1. The summed E-state index contributed by atoms with van der Waals surface area (Å²) in [6.45, 7) is 10.1. The Morgan fingerprint density at radius 1 is 1.20 bits per heavy atom. The molecule has 0 saturated heterocycles. The summed E-state index contributed by atoms with van der Waals surface area (Å²) in [5.41, 5.74) is 2.62. The zero-order valence-corrected chi connectivity index (χ0v) is 26.8. The Morgan fingerprint density at radius 3 is 2.65 bits per heavy atom. The van der Waals surface area contributed by atoms with Crippen LogP contribution < -0.4 is 14.8 Å². The molecule has 0 fully saturated rings. The molecule has 214 valence electrons. The van der Waals surface area contributed by atoms with E-state index in [0.717, 1.165) is 23.3 Å². The molecule has 1 aromatic heterocycles. The molecule has 2 aromatic carbocycles. The molecule has 40 heavy (non-hydrogen) atoms.